The summed E-state index contributed by atoms with van der Waals surface area (Å²) in [4.78, 5) is 37.8. The number of rotatable bonds is 5. The Morgan fingerprint density at radius 1 is 1.04 bits per heavy atom. The molecule has 28 heavy (non-hydrogen) atoms. The van der Waals surface area contributed by atoms with Crippen LogP contribution in [-0.4, -0.2) is 45.4 Å². The number of nitrogens with one attached hydrogen (secondary N) is 1. The summed E-state index contributed by atoms with van der Waals surface area (Å²) in [6.45, 7) is -0.398. The van der Waals surface area contributed by atoms with Gasteiger partial charge in [0.1, 0.15) is 6.54 Å². The van der Waals surface area contributed by atoms with Crippen LogP contribution in [0.3, 0.4) is 0 Å². The third kappa shape index (κ3) is 2.95. The lowest BCUT2D eigenvalue weighted by molar-refractivity contribution is -0.121. The highest BCUT2D eigenvalue weighted by molar-refractivity contribution is 6.22. The second-order valence-electron chi connectivity index (χ2n) is 6.77. The van der Waals surface area contributed by atoms with Crippen molar-refractivity contribution >= 4 is 28.6 Å². The molecule has 2 aromatic carbocycles. The predicted octanol–water partition coefficient (Wildman–Crippen LogP) is 1.62. The Hall–Kier alpha value is -3.45. The lowest BCUT2D eigenvalue weighted by Crippen LogP contribution is -2.41. The van der Waals surface area contributed by atoms with E-state index in [1.807, 2.05) is 42.1 Å². The van der Waals surface area contributed by atoms with Crippen LogP contribution >= 0.6 is 0 Å². The first kappa shape index (κ1) is 17.9. The Morgan fingerprint density at radius 3 is 2.32 bits per heavy atom. The molecular formula is C21H19N3O4. The number of carbonyl (C=O) groups is 3. The predicted molar refractivity (Wildman–Crippen MR) is 103 cm³/mol. The number of aliphatic hydroxyl groups excluding tert-OH is 1. The standard InChI is InChI=1S/C21H19N3O4/c1-23-11-16(13-6-4-5-9-17(13)23)18(25)10-22-19(26)12-24-20(27)14-7-2-3-8-15(14)21(24)28/h2-9,11,18,25H,10,12H2,1H3,(H,22,26). The Kier molecular flexibility index (Phi) is 4.44. The van der Waals surface area contributed by atoms with E-state index in [0.29, 0.717) is 16.7 Å². The molecule has 0 saturated heterocycles. The smallest absolute Gasteiger partial charge is 0.262 e. The molecule has 1 aliphatic rings. The van der Waals surface area contributed by atoms with Gasteiger partial charge in [0, 0.05) is 36.3 Å². The zero-order valence-corrected chi connectivity index (χ0v) is 15.3. The zero-order chi connectivity index (χ0) is 19.8. The van der Waals surface area contributed by atoms with Crippen molar-refractivity contribution < 1.29 is 19.5 Å². The lowest BCUT2D eigenvalue weighted by Gasteiger charge is -2.15. The second-order valence-corrected chi connectivity index (χ2v) is 6.77. The summed E-state index contributed by atoms with van der Waals surface area (Å²) in [5, 5.41) is 14.0. The number of imide groups is 1. The Balaban J connectivity index is 1.41. The number of nitrogens with zero attached hydrogens (tertiary/aromatic N) is 2. The third-order valence-corrected chi connectivity index (χ3v) is 4.96. The second kappa shape index (κ2) is 6.94. The number of amides is 3. The molecule has 3 amide bonds. The van der Waals surface area contributed by atoms with Gasteiger partial charge < -0.3 is 15.0 Å². The Morgan fingerprint density at radius 2 is 1.64 bits per heavy atom. The minimum absolute atomic E-state index is 0.0178. The van der Waals surface area contributed by atoms with Crippen LogP contribution in [0.5, 0.6) is 0 Å². The molecule has 1 unspecified atom stereocenters. The van der Waals surface area contributed by atoms with Gasteiger partial charge in [0.2, 0.25) is 5.91 Å². The zero-order valence-electron chi connectivity index (χ0n) is 15.3. The average molecular weight is 377 g/mol. The van der Waals surface area contributed by atoms with Gasteiger partial charge in [-0.3, -0.25) is 19.3 Å². The number of carbonyl (C=O) groups excluding carboxylic acids is 3. The number of hydrogen-bond donors (Lipinski definition) is 2. The first-order valence-corrected chi connectivity index (χ1v) is 8.91. The molecule has 0 saturated carbocycles. The lowest BCUT2D eigenvalue weighted by atomic mass is 10.1. The van der Waals surface area contributed by atoms with Crippen molar-refractivity contribution in [3.05, 3.63) is 71.4 Å². The molecule has 1 atom stereocenters. The van der Waals surface area contributed by atoms with Crippen molar-refractivity contribution in [2.45, 2.75) is 6.10 Å². The first-order chi connectivity index (χ1) is 13.5. The molecule has 7 heteroatoms. The van der Waals surface area contributed by atoms with Gasteiger partial charge in [0.25, 0.3) is 11.8 Å². The first-order valence-electron chi connectivity index (χ1n) is 8.91. The van der Waals surface area contributed by atoms with E-state index in [9.17, 15) is 19.5 Å². The molecular weight excluding hydrogens is 358 g/mol. The molecule has 0 bridgehead atoms. The van der Waals surface area contributed by atoms with Crippen LogP contribution in [-0.2, 0) is 11.8 Å². The van der Waals surface area contributed by atoms with E-state index in [-0.39, 0.29) is 13.1 Å². The summed E-state index contributed by atoms with van der Waals surface area (Å²) in [5.41, 5.74) is 2.29. The van der Waals surface area contributed by atoms with Crippen molar-refractivity contribution in [3.63, 3.8) is 0 Å². The van der Waals surface area contributed by atoms with Crippen molar-refractivity contribution in [3.8, 4) is 0 Å². The van der Waals surface area contributed by atoms with Crippen LogP contribution in [0.1, 0.15) is 32.4 Å². The largest absolute Gasteiger partial charge is 0.386 e. The number of hydrogen-bond acceptors (Lipinski definition) is 4. The summed E-state index contributed by atoms with van der Waals surface area (Å²) in [6.07, 6.45) is 0.920. The van der Waals surface area contributed by atoms with Gasteiger partial charge in [0.05, 0.1) is 17.2 Å². The molecule has 0 aliphatic carbocycles. The number of aryl methyl sites for hydroxylation is 1. The van der Waals surface area contributed by atoms with Crippen molar-refractivity contribution in [2.24, 2.45) is 7.05 Å². The van der Waals surface area contributed by atoms with Crippen LogP contribution in [0.4, 0.5) is 0 Å². The van der Waals surface area contributed by atoms with Crippen LogP contribution in [0.15, 0.2) is 54.7 Å². The maximum atomic E-state index is 12.3. The van der Waals surface area contributed by atoms with Gasteiger partial charge >= 0.3 is 0 Å². The van der Waals surface area contributed by atoms with Crippen molar-refractivity contribution in [1.82, 2.24) is 14.8 Å². The van der Waals surface area contributed by atoms with Crippen molar-refractivity contribution in [2.75, 3.05) is 13.1 Å². The van der Waals surface area contributed by atoms with Crippen LogP contribution in [0.2, 0.25) is 0 Å². The highest BCUT2D eigenvalue weighted by atomic mass is 16.3. The van der Waals surface area contributed by atoms with Gasteiger partial charge in [-0.2, -0.15) is 0 Å². The summed E-state index contributed by atoms with van der Waals surface area (Å²) in [7, 11) is 1.89. The fourth-order valence-corrected chi connectivity index (χ4v) is 3.54. The fraction of sp³-hybridized carbons (Fsp3) is 0.190. The van der Waals surface area contributed by atoms with E-state index in [1.165, 1.54) is 0 Å². The normalized spacial score (nSPS) is 14.4. The van der Waals surface area contributed by atoms with Gasteiger partial charge in [0.15, 0.2) is 0 Å². The fourth-order valence-electron chi connectivity index (χ4n) is 3.54. The molecule has 0 radical (unpaired) electrons. The van der Waals surface area contributed by atoms with E-state index in [1.54, 1.807) is 24.3 Å². The van der Waals surface area contributed by atoms with Gasteiger partial charge in [-0.25, -0.2) is 0 Å². The molecule has 2 N–H and O–H groups in total. The Labute approximate surface area is 161 Å². The maximum Gasteiger partial charge on any atom is 0.262 e. The monoisotopic (exact) mass is 377 g/mol. The molecule has 142 valence electrons. The highest BCUT2D eigenvalue weighted by Crippen LogP contribution is 2.26. The van der Waals surface area contributed by atoms with Gasteiger partial charge in [-0.05, 0) is 18.2 Å². The quantitative estimate of drug-likeness (QED) is 0.661. The van der Waals surface area contributed by atoms with Crippen LogP contribution < -0.4 is 5.32 Å². The number of aromatic nitrogens is 1. The third-order valence-electron chi connectivity index (χ3n) is 4.96. The molecule has 3 aromatic rings. The molecule has 4 rings (SSSR count). The minimum Gasteiger partial charge on any atom is -0.386 e. The summed E-state index contributed by atoms with van der Waals surface area (Å²) in [6, 6.07) is 14.2. The number of fused-ring (bicyclic) bond motifs is 2. The van der Waals surface area contributed by atoms with E-state index in [4.69, 9.17) is 0 Å². The highest BCUT2D eigenvalue weighted by Gasteiger charge is 2.36. The minimum atomic E-state index is -0.905. The maximum absolute atomic E-state index is 12.3. The van der Waals surface area contributed by atoms with E-state index in [0.717, 1.165) is 15.8 Å². The molecule has 1 aliphatic heterocycles. The average Bonchev–Trinajstić information content (AvgIpc) is 3.17. The summed E-state index contributed by atoms with van der Waals surface area (Å²) >= 11 is 0. The SMILES string of the molecule is Cn1cc(C(O)CNC(=O)CN2C(=O)c3ccccc3C2=O)c2ccccc21. The van der Waals surface area contributed by atoms with E-state index >= 15 is 0 Å². The van der Waals surface area contributed by atoms with Gasteiger partial charge in [-0.1, -0.05) is 30.3 Å². The number of para-hydroxylation sites is 1. The Bertz CT molecular complexity index is 1070. The topological polar surface area (TPSA) is 91.6 Å². The van der Waals surface area contributed by atoms with Crippen LogP contribution in [0.25, 0.3) is 10.9 Å². The van der Waals surface area contributed by atoms with Gasteiger partial charge in [-0.15, -0.1) is 0 Å². The summed E-state index contributed by atoms with van der Waals surface area (Å²) in [5.74, 6) is -1.47. The number of aliphatic hydroxyl groups is 1. The molecule has 7 nitrogen and oxygen atoms in total. The molecule has 1 aromatic heterocycles. The van der Waals surface area contributed by atoms with Crippen molar-refractivity contribution in [1.29, 1.82) is 0 Å². The van der Waals surface area contributed by atoms with E-state index in [2.05, 4.69) is 5.32 Å². The van der Waals surface area contributed by atoms with E-state index < -0.39 is 23.8 Å². The number of benzene rings is 2. The molecule has 0 fully saturated rings. The molecule has 0 spiro atoms. The molecule has 2 heterocycles. The summed E-state index contributed by atoms with van der Waals surface area (Å²) < 4.78 is 1.91. The van der Waals surface area contributed by atoms with Crippen LogP contribution in [0, 0.1) is 0 Å².